The topological polar surface area (TPSA) is 90.1 Å². The third kappa shape index (κ3) is 5.15. The second-order valence-electron chi connectivity index (χ2n) is 8.64. The third-order valence-electron chi connectivity index (χ3n) is 6.36. The maximum atomic E-state index is 13.1. The Kier molecular flexibility index (Phi) is 6.68. The fourth-order valence-electron chi connectivity index (χ4n) is 4.40. The monoisotopic (exact) mass is 487 g/mol. The van der Waals surface area contributed by atoms with Crippen LogP contribution in [-0.4, -0.2) is 52.2 Å². The molecule has 4 aromatic rings. The van der Waals surface area contributed by atoms with Crippen LogP contribution in [0.15, 0.2) is 73.1 Å². The van der Waals surface area contributed by atoms with Gasteiger partial charge in [-0.2, -0.15) is 0 Å². The third-order valence-corrected chi connectivity index (χ3v) is 6.76. The molecule has 1 aliphatic rings. The minimum atomic E-state index is -0.163. The molecule has 1 aliphatic heterocycles. The zero-order chi connectivity index (χ0) is 24.2. The average molecular weight is 488 g/mol. The van der Waals surface area contributed by atoms with Crippen LogP contribution in [0.5, 0.6) is 0 Å². The lowest BCUT2D eigenvalue weighted by atomic mass is 10.0. The second-order valence-corrected chi connectivity index (χ2v) is 9.02. The number of aromatic amines is 1. The molecule has 3 N–H and O–H groups in total. The highest BCUT2D eigenvalue weighted by molar-refractivity contribution is 6.37. The summed E-state index contributed by atoms with van der Waals surface area (Å²) >= 11 is 6.59. The van der Waals surface area contributed by atoms with Crippen LogP contribution < -0.4 is 10.6 Å². The number of benzene rings is 2. The van der Waals surface area contributed by atoms with Gasteiger partial charge in [-0.25, -0.2) is 4.98 Å². The van der Waals surface area contributed by atoms with Gasteiger partial charge in [-0.05, 0) is 54.6 Å². The van der Waals surface area contributed by atoms with Gasteiger partial charge in [0.1, 0.15) is 5.82 Å². The van der Waals surface area contributed by atoms with Crippen molar-refractivity contribution in [2.45, 2.75) is 18.9 Å². The van der Waals surface area contributed by atoms with Crippen LogP contribution in [0.25, 0.3) is 10.9 Å². The number of piperidine rings is 1. The minimum Gasteiger partial charge on any atom is -0.375 e. The number of hydrogen-bond donors (Lipinski definition) is 3. The van der Waals surface area contributed by atoms with Gasteiger partial charge >= 0.3 is 0 Å². The van der Waals surface area contributed by atoms with E-state index in [1.165, 1.54) is 0 Å². The first-order valence-corrected chi connectivity index (χ1v) is 12.1. The number of fused-ring (bicyclic) bond motifs is 1. The number of H-pyrrole nitrogens is 1. The molecule has 0 unspecified atom stereocenters. The first-order valence-electron chi connectivity index (χ1n) is 11.7. The van der Waals surface area contributed by atoms with E-state index >= 15 is 0 Å². The van der Waals surface area contributed by atoms with Gasteiger partial charge < -0.3 is 20.5 Å². The number of rotatable bonds is 7. The van der Waals surface area contributed by atoms with Crippen molar-refractivity contribution >= 4 is 45.7 Å². The maximum absolute atomic E-state index is 13.1. The van der Waals surface area contributed by atoms with Crippen molar-refractivity contribution < 1.29 is 9.59 Å². The van der Waals surface area contributed by atoms with Crippen molar-refractivity contribution in [2.24, 2.45) is 0 Å². The number of anilines is 2. The summed E-state index contributed by atoms with van der Waals surface area (Å²) < 4.78 is 0. The van der Waals surface area contributed by atoms with Gasteiger partial charge in [-0.3, -0.25) is 9.59 Å². The van der Waals surface area contributed by atoms with Crippen LogP contribution >= 0.6 is 11.6 Å². The lowest BCUT2D eigenvalue weighted by molar-refractivity contribution is -0.130. The average Bonchev–Trinajstić information content (AvgIpc) is 3.37. The minimum absolute atomic E-state index is 0.00581. The molecule has 1 fully saturated rings. The quantitative estimate of drug-likeness (QED) is 0.320. The highest BCUT2D eigenvalue weighted by atomic mass is 35.5. The lowest BCUT2D eigenvalue weighted by Gasteiger charge is -2.32. The summed E-state index contributed by atoms with van der Waals surface area (Å²) in [6.45, 7) is 1.47. The number of hydrogen-bond acceptors (Lipinski definition) is 5. The Labute approximate surface area is 208 Å². The number of likely N-dealkylation sites (tertiary alicyclic amines) is 1. The first-order chi connectivity index (χ1) is 17.1. The van der Waals surface area contributed by atoms with Gasteiger partial charge in [0, 0.05) is 48.2 Å². The smallest absolute Gasteiger partial charge is 0.241 e. The Balaban J connectivity index is 1.18. The summed E-state index contributed by atoms with van der Waals surface area (Å²) in [5.41, 5.74) is 2.41. The molecule has 0 atom stereocenters. The molecule has 1 amide bonds. The SMILES string of the molecule is O=C(c1ccc2cc[nH]c2c1)c1cccc(NCC(=O)N2CCC(Nc3ccccn3)CC2)c1Cl. The number of aromatic nitrogens is 2. The standard InChI is InChI=1S/C27H26ClN5O2/c28-26-21(27(35)19-8-7-18-9-13-29-23(18)16-19)4-3-5-22(26)31-17-25(34)33-14-10-20(11-15-33)32-24-6-1-2-12-30-24/h1-9,12-13,16,20,29,31H,10-11,14-15,17H2,(H,30,32). The number of carbonyl (C=O) groups is 2. The van der Waals surface area contributed by atoms with Crippen molar-refractivity contribution in [1.82, 2.24) is 14.9 Å². The van der Waals surface area contributed by atoms with E-state index in [2.05, 4.69) is 20.6 Å². The van der Waals surface area contributed by atoms with Crippen molar-refractivity contribution in [1.29, 1.82) is 0 Å². The Bertz CT molecular complexity index is 1350. The Morgan fingerprint density at radius 3 is 2.71 bits per heavy atom. The molecule has 2 aromatic carbocycles. The molecule has 0 bridgehead atoms. The van der Waals surface area contributed by atoms with Gasteiger partial charge in [0.25, 0.3) is 0 Å². The van der Waals surface area contributed by atoms with Crippen molar-refractivity contribution in [3.8, 4) is 0 Å². The number of pyridine rings is 1. The van der Waals surface area contributed by atoms with Crippen LogP contribution in [0.4, 0.5) is 11.5 Å². The molecular formula is C27H26ClN5O2. The fraction of sp³-hybridized carbons (Fsp3) is 0.222. The van der Waals surface area contributed by atoms with Crippen molar-refractivity contribution in [3.05, 3.63) is 89.2 Å². The summed E-state index contributed by atoms with van der Waals surface area (Å²) in [4.78, 5) is 35.2. The summed E-state index contributed by atoms with van der Waals surface area (Å²) in [7, 11) is 0. The summed E-state index contributed by atoms with van der Waals surface area (Å²) in [6, 6.07) is 18.8. The Morgan fingerprint density at radius 1 is 1.06 bits per heavy atom. The van der Waals surface area contributed by atoms with E-state index < -0.39 is 0 Å². The number of carbonyl (C=O) groups excluding carboxylic acids is 2. The van der Waals surface area contributed by atoms with Crippen LogP contribution in [0.3, 0.4) is 0 Å². The number of halogens is 1. The van der Waals surface area contributed by atoms with E-state index in [4.69, 9.17) is 11.6 Å². The molecule has 3 heterocycles. The lowest BCUT2D eigenvalue weighted by Crippen LogP contribution is -2.44. The largest absolute Gasteiger partial charge is 0.375 e. The molecule has 5 rings (SSSR count). The van der Waals surface area contributed by atoms with E-state index in [1.807, 2.05) is 47.5 Å². The molecule has 8 heteroatoms. The van der Waals surface area contributed by atoms with E-state index in [1.54, 1.807) is 30.5 Å². The van der Waals surface area contributed by atoms with Crippen LogP contribution in [0.1, 0.15) is 28.8 Å². The first kappa shape index (κ1) is 22.9. The predicted octanol–water partition coefficient (Wildman–Crippen LogP) is 4.96. The van der Waals surface area contributed by atoms with E-state index in [9.17, 15) is 9.59 Å². The molecule has 7 nitrogen and oxygen atoms in total. The fourth-order valence-corrected chi connectivity index (χ4v) is 4.68. The van der Waals surface area contributed by atoms with Crippen LogP contribution in [0, 0.1) is 0 Å². The molecule has 35 heavy (non-hydrogen) atoms. The number of amides is 1. The Morgan fingerprint density at radius 2 is 1.91 bits per heavy atom. The van der Waals surface area contributed by atoms with E-state index in [0.717, 1.165) is 29.6 Å². The van der Waals surface area contributed by atoms with Crippen LogP contribution in [0.2, 0.25) is 5.02 Å². The molecule has 0 radical (unpaired) electrons. The van der Waals surface area contributed by atoms with E-state index in [-0.39, 0.29) is 18.2 Å². The second kappa shape index (κ2) is 10.2. The van der Waals surface area contributed by atoms with Gasteiger partial charge in [0.15, 0.2) is 5.78 Å². The number of ketones is 1. The molecule has 0 saturated carbocycles. The molecular weight excluding hydrogens is 462 g/mol. The zero-order valence-corrected chi connectivity index (χ0v) is 19.9. The highest BCUT2D eigenvalue weighted by Gasteiger charge is 2.23. The highest BCUT2D eigenvalue weighted by Crippen LogP contribution is 2.28. The summed E-state index contributed by atoms with van der Waals surface area (Å²) in [6.07, 6.45) is 5.32. The van der Waals surface area contributed by atoms with Gasteiger partial charge in [-0.15, -0.1) is 0 Å². The normalized spacial score (nSPS) is 14.1. The molecule has 178 valence electrons. The van der Waals surface area contributed by atoms with Gasteiger partial charge in [0.2, 0.25) is 5.91 Å². The molecule has 0 aliphatic carbocycles. The molecule has 0 spiro atoms. The van der Waals surface area contributed by atoms with Gasteiger partial charge in [0.05, 0.1) is 17.3 Å². The van der Waals surface area contributed by atoms with Gasteiger partial charge in [-0.1, -0.05) is 35.9 Å². The van der Waals surface area contributed by atoms with Crippen molar-refractivity contribution in [2.75, 3.05) is 30.3 Å². The molecule has 1 saturated heterocycles. The maximum Gasteiger partial charge on any atom is 0.241 e. The number of nitrogens with zero attached hydrogens (tertiary/aromatic N) is 2. The number of nitrogens with one attached hydrogen (secondary N) is 3. The predicted molar refractivity (Wildman–Crippen MR) is 139 cm³/mol. The zero-order valence-electron chi connectivity index (χ0n) is 19.1. The van der Waals surface area contributed by atoms with Crippen molar-refractivity contribution in [3.63, 3.8) is 0 Å². The molecule has 2 aromatic heterocycles. The summed E-state index contributed by atoms with van der Waals surface area (Å²) in [5, 5.41) is 7.91. The summed E-state index contributed by atoms with van der Waals surface area (Å²) in [5.74, 6) is 0.700. The van der Waals surface area contributed by atoms with E-state index in [0.29, 0.717) is 41.0 Å². The van der Waals surface area contributed by atoms with Crippen LogP contribution in [-0.2, 0) is 4.79 Å². The Hall–Kier alpha value is -3.84.